The van der Waals surface area contributed by atoms with Crippen LogP contribution >= 0.6 is 11.6 Å². The van der Waals surface area contributed by atoms with Crippen molar-refractivity contribution in [3.05, 3.63) is 82.1 Å². The van der Waals surface area contributed by atoms with Crippen LogP contribution in [0.2, 0.25) is 0 Å². The van der Waals surface area contributed by atoms with Gasteiger partial charge < -0.3 is 4.74 Å². The Morgan fingerprint density at radius 1 is 1.16 bits per heavy atom. The molecule has 4 atom stereocenters. The number of ether oxygens (including phenoxy) is 1. The number of hydrogen-bond donors (Lipinski definition) is 0. The molecule has 0 N–H and O–H groups in total. The first-order chi connectivity index (χ1) is 15.0. The molecule has 0 bridgehead atoms. The van der Waals surface area contributed by atoms with Crippen LogP contribution in [0.1, 0.15) is 49.0 Å². The van der Waals surface area contributed by atoms with Crippen molar-refractivity contribution in [1.82, 2.24) is 0 Å². The van der Waals surface area contributed by atoms with Crippen LogP contribution in [0.5, 0.6) is 0 Å². The standard InChI is InChI=1S/C25H23ClF4O2/c1-24(2)19(13-21(26)25(28,29)30)22(24)23(31)32-20-12-15(17-8-3-4-9-18(17)20)10-14-6-5-7-16(27)11-14/h3-9,11,13,15,19-20,22H,10,12H2,1-2H3. The van der Waals surface area contributed by atoms with Gasteiger partial charge >= 0.3 is 12.1 Å². The van der Waals surface area contributed by atoms with Crippen LogP contribution in [0.3, 0.4) is 0 Å². The Morgan fingerprint density at radius 2 is 1.84 bits per heavy atom. The highest BCUT2D eigenvalue weighted by Gasteiger charge is 2.62. The molecule has 4 rings (SSSR count). The fourth-order valence-corrected chi connectivity index (χ4v) is 4.98. The minimum absolute atomic E-state index is 0.0494. The van der Waals surface area contributed by atoms with E-state index in [1.807, 2.05) is 30.3 Å². The lowest BCUT2D eigenvalue weighted by atomic mass is 9.93. The fourth-order valence-electron chi connectivity index (χ4n) is 4.85. The van der Waals surface area contributed by atoms with E-state index in [0.29, 0.717) is 12.8 Å². The van der Waals surface area contributed by atoms with Crippen molar-refractivity contribution in [1.29, 1.82) is 0 Å². The summed E-state index contributed by atoms with van der Waals surface area (Å²) in [4.78, 5) is 12.9. The zero-order chi connectivity index (χ0) is 23.3. The number of fused-ring (bicyclic) bond motifs is 1. The quantitative estimate of drug-likeness (QED) is 0.347. The van der Waals surface area contributed by atoms with Gasteiger partial charge in [0.15, 0.2) is 0 Å². The molecule has 0 aliphatic heterocycles. The minimum Gasteiger partial charge on any atom is -0.457 e. The van der Waals surface area contributed by atoms with Gasteiger partial charge in [-0.15, -0.1) is 0 Å². The second-order valence-corrected chi connectivity index (χ2v) is 9.57. The molecule has 2 aliphatic rings. The van der Waals surface area contributed by atoms with Gasteiger partial charge in [0.1, 0.15) is 17.0 Å². The summed E-state index contributed by atoms with van der Waals surface area (Å²) in [6.07, 6.45) is -3.06. The van der Waals surface area contributed by atoms with Crippen LogP contribution in [0.25, 0.3) is 0 Å². The molecule has 4 unspecified atom stereocenters. The number of esters is 1. The number of carbonyl (C=O) groups is 1. The lowest BCUT2D eigenvalue weighted by Crippen LogP contribution is -2.14. The molecule has 2 nitrogen and oxygen atoms in total. The molecular weight excluding hydrogens is 444 g/mol. The third-order valence-corrected chi connectivity index (χ3v) is 7.01. The predicted octanol–water partition coefficient (Wildman–Crippen LogP) is 7.10. The van der Waals surface area contributed by atoms with Crippen molar-refractivity contribution in [2.75, 3.05) is 0 Å². The van der Waals surface area contributed by atoms with Gasteiger partial charge in [0.25, 0.3) is 0 Å². The molecule has 0 radical (unpaired) electrons. The molecule has 0 saturated heterocycles. The molecule has 2 aromatic carbocycles. The van der Waals surface area contributed by atoms with E-state index >= 15 is 0 Å². The van der Waals surface area contributed by atoms with Gasteiger partial charge in [-0.05, 0) is 58.9 Å². The van der Waals surface area contributed by atoms with Crippen molar-refractivity contribution < 1.29 is 27.1 Å². The summed E-state index contributed by atoms with van der Waals surface area (Å²) < 4.78 is 57.9. The molecule has 0 amide bonds. The molecule has 1 saturated carbocycles. The molecule has 1 fully saturated rings. The largest absolute Gasteiger partial charge is 0.457 e. The molecule has 0 aromatic heterocycles. The van der Waals surface area contributed by atoms with E-state index in [0.717, 1.165) is 22.8 Å². The molecule has 32 heavy (non-hydrogen) atoms. The van der Waals surface area contributed by atoms with Crippen LogP contribution in [-0.4, -0.2) is 12.1 Å². The Bertz CT molecular complexity index is 1060. The highest BCUT2D eigenvalue weighted by Crippen LogP contribution is 2.61. The summed E-state index contributed by atoms with van der Waals surface area (Å²) in [5.74, 6) is -2.09. The summed E-state index contributed by atoms with van der Waals surface area (Å²) in [5.41, 5.74) is 2.12. The van der Waals surface area contributed by atoms with Gasteiger partial charge in [0.05, 0.1) is 5.92 Å². The third kappa shape index (κ3) is 4.42. The molecule has 7 heteroatoms. The lowest BCUT2D eigenvalue weighted by Gasteiger charge is -2.15. The number of carbonyl (C=O) groups excluding carboxylic acids is 1. The average Bonchev–Trinajstić information content (AvgIpc) is 3.08. The van der Waals surface area contributed by atoms with E-state index in [1.54, 1.807) is 19.9 Å². The van der Waals surface area contributed by atoms with E-state index in [4.69, 9.17) is 16.3 Å². The van der Waals surface area contributed by atoms with Gasteiger partial charge in [-0.3, -0.25) is 4.79 Å². The second kappa shape index (κ2) is 8.22. The Morgan fingerprint density at radius 3 is 2.50 bits per heavy atom. The number of alkyl halides is 3. The van der Waals surface area contributed by atoms with Crippen LogP contribution in [0.4, 0.5) is 17.6 Å². The summed E-state index contributed by atoms with van der Waals surface area (Å²) in [5, 5.41) is -1.22. The summed E-state index contributed by atoms with van der Waals surface area (Å²) in [6.45, 7) is 3.46. The number of hydrogen-bond acceptors (Lipinski definition) is 2. The summed E-state index contributed by atoms with van der Waals surface area (Å²) >= 11 is 5.39. The topological polar surface area (TPSA) is 26.3 Å². The number of halogens is 5. The van der Waals surface area contributed by atoms with Gasteiger partial charge in [-0.25, -0.2) is 4.39 Å². The molecule has 2 aliphatic carbocycles. The highest BCUT2D eigenvalue weighted by atomic mass is 35.5. The van der Waals surface area contributed by atoms with Crippen LogP contribution in [-0.2, 0) is 16.0 Å². The van der Waals surface area contributed by atoms with Crippen molar-refractivity contribution in [3.63, 3.8) is 0 Å². The predicted molar refractivity (Wildman–Crippen MR) is 113 cm³/mol. The second-order valence-electron chi connectivity index (χ2n) is 9.16. The van der Waals surface area contributed by atoms with Crippen LogP contribution < -0.4 is 0 Å². The zero-order valence-electron chi connectivity index (χ0n) is 17.6. The van der Waals surface area contributed by atoms with E-state index in [-0.39, 0.29) is 11.7 Å². The lowest BCUT2D eigenvalue weighted by molar-refractivity contribution is -0.152. The van der Waals surface area contributed by atoms with E-state index in [2.05, 4.69) is 0 Å². The normalized spacial score (nSPS) is 26.5. The number of allylic oxidation sites excluding steroid dienone is 2. The SMILES string of the molecule is CC1(C)C(C=C(Cl)C(F)(F)F)C1C(=O)OC1CC(Cc2cccc(F)c2)c2ccccc21. The maximum absolute atomic E-state index is 13.6. The van der Waals surface area contributed by atoms with E-state index in [1.165, 1.54) is 12.1 Å². The molecular formula is C25H23ClF4O2. The van der Waals surface area contributed by atoms with Crippen molar-refractivity contribution in [2.45, 2.75) is 44.9 Å². The summed E-state index contributed by atoms with van der Waals surface area (Å²) in [7, 11) is 0. The van der Waals surface area contributed by atoms with Crippen molar-refractivity contribution in [2.24, 2.45) is 17.3 Å². The highest BCUT2D eigenvalue weighted by molar-refractivity contribution is 6.30. The first kappa shape index (κ1) is 22.8. The number of rotatable bonds is 5. The van der Waals surface area contributed by atoms with Gasteiger partial charge in [-0.2, -0.15) is 13.2 Å². The Balaban J connectivity index is 1.49. The first-order valence-electron chi connectivity index (χ1n) is 10.5. The fraction of sp³-hybridized carbons (Fsp3) is 0.400. The van der Waals surface area contributed by atoms with Crippen molar-refractivity contribution >= 4 is 17.6 Å². The van der Waals surface area contributed by atoms with E-state index in [9.17, 15) is 22.4 Å². The molecule has 0 heterocycles. The van der Waals surface area contributed by atoms with E-state index < -0.39 is 40.5 Å². The van der Waals surface area contributed by atoms with Crippen molar-refractivity contribution in [3.8, 4) is 0 Å². The van der Waals surface area contributed by atoms with Gasteiger partial charge in [0, 0.05) is 0 Å². The smallest absolute Gasteiger partial charge is 0.426 e. The molecule has 0 spiro atoms. The summed E-state index contributed by atoms with van der Waals surface area (Å²) in [6, 6.07) is 14.1. The number of benzene rings is 2. The Hall–Kier alpha value is -2.34. The maximum atomic E-state index is 13.6. The van der Waals surface area contributed by atoms with Crippen LogP contribution in [0.15, 0.2) is 59.6 Å². The average molecular weight is 467 g/mol. The minimum atomic E-state index is -4.64. The monoisotopic (exact) mass is 466 g/mol. The first-order valence-corrected chi connectivity index (χ1v) is 10.8. The molecule has 170 valence electrons. The molecule has 2 aromatic rings. The Labute approximate surface area is 189 Å². The van der Waals surface area contributed by atoms with Gasteiger partial charge in [-0.1, -0.05) is 67.9 Å². The zero-order valence-corrected chi connectivity index (χ0v) is 18.4. The Kier molecular flexibility index (Phi) is 5.86. The van der Waals surface area contributed by atoms with Crippen LogP contribution in [0, 0.1) is 23.1 Å². The maximum Gasteiger partial charge on any atom is 0.426 e. The van der Waals surface area contributed by atoms with Gasteiger partial charge in [0.2, 0.25) is 0 Å². The third-order valence-electron chi connectivity index (χ3n) is 6.67.